The number of anilines is 1. The van der Waals surface area contributed by atoms with Gasteiger partial charge in [-0.15, -0.1) is 0 Å². The third-order valence-electron chi connectivity index (χ3n) is 4.97. The van der Waals surface area contributed by atoms with Crippen LogP contribution in [-0.2, 0) is 17.8 Å². The summed E-state index contributed by atoms with van der Waals surface area (Å²) in [5, 5.41) is 12.0. The van der Waals surface area contributed by atoms with E-state index >= 15 is 0 Å². The number of para-hydroxylation sites is 1. The van der Waals surface area contributed by atoms with Crippen LogP contribution >= 0.6 is 11.6 Å². The first kappa shape index (κ1) is 23.8. The van der Waals surface area contributed by atoms with Crippen molar-refractivity contribution < 1.29 is 24.2 Å². The Labute approximate surface area is 206 Å². The molecule has 0 aliphatic carbocycles. The zero-order valence-electron chi connectivity index (χ0n) is 18.5. The number of aromatic nitrogens is 1. The van der Waals surface area contributed by atoms with E-state index in [2.05, 4.69) is 10.3 Å². The van der Waals surface area contributed by atoms with Crippen LogP contribution in [0.2, 0.25) is 5.02 Å². The Morgan fingerprint density at radius 1 is 0.857 bits per heavy atom. The van der Waals surface area contributed by atoms with E-state index in [1.807, 2.05) is 42.5 Å². The van der Waals surface area contributed by atoms with Crippen molar-refractivity contribution in [3.8, 4) is 17.4 Å². The Balaban J connectivity index is 1.31. The highest BCUT2D eigenvalue weighted by Crippen LogP contribution is 2.27. The summed E-state index contributed by atoms with van der Waals surface area (Å²) < 4.78 is 11.5. The van der Waals surface area contributed by atoms with Crippen LogP contribution in [0.4, 0.5) is 5.69 Å². The lowest BCUT2D eigenvalue weighted by Crippen LogP contribution is -2.17. The fourth-order valence-corrected chi connectivity index (χ4v) is 3.46. The number of halogens is 1. The average molecular weight is 489 g/mol. The number of aromatic carboxylic acids is 1. The zero-order chi connectivity index (χ0) is 24.6. The summed E-state index contributed by atoms with van der Waals surface area (Å²) in [6.07, 6.45) is 1.52. The number of carbonyl (C=O) groups excluding carboxylic acids is 1. The van der Waals surface area contributed by atoms with E-state index in [0.717, 1.165) is 11.3 Å². The minimum atomic E-state index is -1.18. The van der Waals surface area contributed by atoms with Crippen molar-refractivity contribution in [3.05, 3.63) is 113 Å². The Kier molecular flexibility index (Phi) is 7.60. The molecule has 1 amide bonds. The van der Waals surface area contributed by atoms with Gasteiger partial charge in [0.2, 0.25) is 11.8 Å². The van der Waals surface area contributed by atoms with Gasteiger partial charge in [0, 0.05) is 12.3 Å². The van der Waals surface area contributed by atoms with Gasteiger partial charge >= 0.3 is 5.97 Å². The van der Waals surface area contributed by atoms with E-state index < -0.39 is 11.9 Å². The summed E-state index contributed by atoms with van der Waals surface area (Å²) in [5.74, 6) is 0.0883. The second-order valence-corrected chi connectivity index (χ2v) is 7.95. The molecule has 0 fully saturated rings. The SMILES string of the molecule is O=C(Cc1ccc(Oc2ccc(OCc3ccccc3)cc2)nc1)Nc1c(Cl)cccc1C(=O)O. The van der Waals surface area contributed by atoms with Gasteiger partial charge in [-0.25, -0.2) is 9.78 Å². The van der Waals surface area contributed by atoms with Crippen molar-refractivity contribution in [1.29, 1.82) is 0 Å². The fourth-order valence-electron chi connectivity index (χ4n) is 3.24. The summed E-state index contributed by atoms with van der Waals surface area (Å²) in [6, 6.07) is 24.9. The van der Waals surface area contributed by atoms with Crippen LogP contribution in [-0.4, -0.2) is 22.0 Å². The topological polar surface area (TPSA) is 97.8 Å². The van der Waals surface area contributed by atoms with Gasteiger partial charge in [0.05, 0.1) is 22.7 Å². The van der Waals surface area contributed by atoms with Crippen molar-refractivity contribution in [2.45, 2.75) is 13.0 Å². The molecular formula is C27H21ClN2O5. The fraction of sp³-hybridized carbons (Fsp3) is 0.0741. The summed E-state index contributed by atoms with van der Waals surface area (Å²) in [4.78, 5) is 28.0. The molecule has 1 aromatic heterocycles. The summed E-state index contributed by atoms with van der Waals surface area (Å²) >= 11 is 6.06. The van der Waals surface area contributed by atoms with E-state index in [4.69, 9.17) is 21.1 Å². The van der Waals surface area contributed by atoms with Crippen LogP contribution in [0, 0.1) is 0 Å². The first-order valence-corrected chi connectivity index (χ1v) is 11.1. The van der Waals surface area contributed by atoms with Gasteiger partial charge in [-0.2, -0.15) is 0 Å². The predicted molar refractivity (Wildman–Crippen MR) is 132 cm³/mol. The van der Waals surface area contributed by atoms with E-state index in [9.17, 15) is 14.7 Å². The van der Waals surface area contributed by atoms with Gasteiger partial charge in [-0.3, -0.25) is 4.79 Å². The summed E-state index contributed by atoms with van der Waals surface area (Å²) in [7, 11) is 0. The lowest BCUT2D eigenvalue weighted by Gasteiger charge is -2.11. The molecule has 4 aromatic rings. The smallest absolute Gasteiger partial charge is 0.337 e. The van der Waals surface area contributed by atoms with Crippen LogP contribution in [0.15, 0.2) is 91.1 Å². The molecule has 0 aliphatic rings. The minimum Gasteiger partial charge on any atom is -0.489 e. The highest BCUT2D eigenvalue weighted by Gasteiger charge is 2.16. The molecule has 8 heteroatoms. The number of ether oxygens (including phenoxy) is 2. The maximum Gasteiger partial charge on any atom is 0.337 e. The number of pyridine rings is 1. The second-order valence-electron chi connectivity index (χ2n) is 7.54. The molecule has 0 radical (unpaired) electrons. The molecule has 1 heterocycles. The Bertz CT molecular complexity index is 1310. The minimum absolute atomic E-state index is 0.00892. The van der Waals surface area contributed by atoms with E-state index in [0.29, 0.717) is 23.8 Å². The Hall–Kier alpha value is -4.36. The largest absolute Gasteiger partial charge is 0.489 e. The number of carboxylic acid groups (broad SMARTS) is 1. The van der Waals surface area contributed by atoms with Crippen molar-refractivity contribution in [2.24, 2.45) is 0 Å². The molecule has 35 heavy (non-hydrogen) atoms. The molecule has 0 spiro atoms. The number of hydrogen-bond donors (Lipinski definition) is 2. The number of carbonyl (C=O) groups is 2. The highest BCUT2D eigenvalue weighted by molar-refractivity contribution is 6.34. The molecular weight excluding hydrogens is 468 g/mol. The number of carboxylic acids is 1. The molecule has 4 rings (SSSR count). The molecule has 0 saturated heterocycles. The van der Waals surface area contributed by atoms with E-state index in [1.165, 1.54) is 24.4 Å². The van der Waals surface area contributed by atoms with Crippen molar-refractivity contribution in [3.63, 3.8) is 0 Å². The summed E-state index contributed by atoms with van der Waals surface area (Å²) in [5.41, 5.74) is 1.70. The van der Waals surface area contributed by atoms with Crippen molar-refractivity contribution >= 4 is 29.2 Å². The number of amides is 1. The van der Waals surface area contributed by atoms with Gasteiger partial charge in [-0.1, -0.05) is 54.1 Å². The maximum atomic E-state index is 12.4. The molecule has 0 atom stereocenters. The van der Waals surface area contributed by atoms with Crippen molar-refractivity contribution in [2.75, 3.05) is 5.32 Å². The Morgan fingerprint density at radius 3 is 2.29 bits per heavy atom. The maximum absolute atomic E-state index is 12.4. The molecule has 2 N–H and O–H groups in total. The van der Waals surface area contributed by atoms with Crippen LogP contribution in [0.3, 0.4) is 0 Å². The van der Waals surface area contributed by atoms with Gasteiger partial charge in [0.15, 0.2) is 0 Å². The van der Waals surface area contributed by atoms with Crippen LogP contribution in [0.1, 0.15) is 21.5 Å². The van der Waals surface area contributed by atoms with E-state index in [-0.39, 0.29) is 22.7 Å². The van der Waals surface area contributed by atoms with Crippen LogP contribution in [0.25, 0.3) is 0 Å². The third-order valence-corrected chi connectivity index (χ3v) is 5.28. The first-order valence-electron chi connectivity index (χ1n) is 10.7. The lowest BCUT2D eigenvalue weighted by atomic mass is 10.1. The number of hydrogen-bond acceptors (Lipinski definition) is 5. The number of nitrogens with zero attached hydrogens (tertiary/aromatic N) is 1. The predicted octanol–water partition coefficient (Wildman–Crippen LogP) is 5.99. The van der Waals surface area contributed by atoms with Gasteiger partial charge in [0.25, 0.3) is 0 Å². The van der Waals surface area contributed by atoms with E-state index in [1.54, 1.807) is 24.3 Å². The highest BCUT2D eigenvalue weighted by atomic mass is 35.5. The average Bonchev–Trinajstić information content (AvgIpc) is 2.86. The first-order chi connectivity index (χ1) is 17.0. The van der Waals surface area contributed by atoms with Gasteiger partial charge in [-0.05, 0) is 47.5 Å². The molecule has 0 bridgehead atoms. The monoisotopic (exact) mass is 488 g/mol. The van der Waals surface area contributed by atoms with Crippen molar-refractivity contribution in [1.82, 2.24) is 4.98 Å². The number of benzene rings is 3. The third kappa shape index (κ3) is 6.59. The molecule has 0 saturated carbocycles. The standard InChI is InChI=1S/C27H21ClN2O5/c28-23-8-4-7-22(27(32)33)26(23)30-24(31)15-19-9-14-25(29-16-19)35-21-12-10-20(11-13-21)34-17-18-5-2-1-3-6-18/h1-14,16H,15,17H2,(H,30,31)(H,32,33). The van der Waals surface area contributed by atoms with Crippen LogP contribution in [0.5, 0.6) is 17.4 Å². The zero-order valence-corrected chi connectivity index (χ0v) is 19.2. The number of nitrogens with one attached hydrogen (secondary N) is 1. The van der Waals surface area contributed by atoms with Crippen LogP contribution < -0.4 is 14.8 Å². The summed E-state index contributed by atoms with van der Waals surface area (Å²) in [6.45, 7) is 0.478. The second kappa shape index (κ2) is 11.2. The van der Waals surface area contributed by atoms with Gasteiger partial charge < -0.3 is 19.9 Å². The molecule has 3 aromatic carbocycles. The quantitative estimate of drug-likeness (QED) is 0.300. The molecule has 0 unspecified atom stereocenters. The normalized spacial score (nSPS) is 10.4. The number of rotatable bonds is 9. The molecule has 0 aliphatic heterocycles. The van der Waals surface area contributed by atoms with Gasteiger partial charge in [0.1, 0.15) is 18.1 Å². The molecule has 7 nitrogen and oxygen atoms in total. The Morgan fingerprint density at radius 2 is 1.60 bits per heavy atom. The molecule has 176 valence electrons. The lowest BCUT2D eigenvalue weighted by molar-refractivity contribution is -0.115.